The molecule has 1 amide bonds. The van der Waals surface area contributed by atoms with E-state index in [9.17, 15) is 14.7 Å². The van der Waals surface area contributed by atoms with E-state index in [4.69, 9.17) is 12.2 Å². The number of rotatable bonds is 3. The number of amides is 1. The molecule has 2 rings (SSSR count). The van der Waals surface area contributed by atoms with Crippen molar-refractivity contribution in [2.75, 3.05) is 0 Å². The predicted octanol–water partition coefficient (Wildman–Crippen LogP) is 2.09. The predicted molar refractivity (Wildman–Crippen MR) is 82.1 cm³/mol. The Balaban J connectivity index is 2.37. The first kappa shape index (κ1) is 14.8. The molecule has 0 aromatic carbocycles. The van der Waals surface area contributed by atoms with Crippen molar-refractivity contribution in [2.45, 2.75) is 19.4 Å². The van der Waals surface area contributed by atoms with Crippen LogP contribution < -0.4 is 0 Å². The highest BCUT2D eigenvalue weighted by Gasteiger charge is 2.46. The number of carbonyl (C=O) groups excluding carboxylic acids is 1. The molecule has 106 valence electrons. The molecular formula is C13H14N2O3S2. The minimum atomic E-state index is -1.36. The van der Waals surface area contributed by atoms with Crippen molar-refractivity contribution < 1.29 is 14.7 Å². The van der Waals surface area contributed by atoms with Crippen LogP contribution in [0.1, 0.15) is 19.5 Å². The van der Waals surface area contributed by atoms with Gasteiger partial charge in [0.2, 0.25) is 0 Å². The van der Waals surface area contributed by atoms with Crippen molar-refractivity contribution in [1.82, 2.24) is 9.47 Å². The van der Waals surface area contributed by atoms with Gasteiger partial charge in [0.25, 0.3) is 5.91 Å². The molecule has 0 atom stereocenters. The molecule has 1 aliphatic rings. The molecule has 0 bridgehead atoms. The monoisotopic (exact) mass is 310 g/mol. The quantitative estimate of drug-likeness (QED) is 0.684. The Kier molecular flexibility index (Phi) is 3.75. The number of hydrogen-bond donors (Lipinski definition) is 1. The number of thiocarbonyl (C=S) groups is 1. The van der Waals surface area contributed by atoms with Gasteiger partial charge >= 0.3 is 5.97 Å². The first-order chi connectivity index (χ1) is 9.25. The Hall–Kier alpha value is -1.60. The van der Waals surface area contributed by atoms with Crippen molar-refractivity contribution >= 4 is 46.3 Å². The van der Waals surface area contributed by atoms with E-state index in [0.717, 1.165) is 22.4 Å². The number of hydrogen-bond acceptors (Lipinski definition) is 4. The van der Waals surface area contributed by atoms with Gasteiger partial charge in [0.15, 0.2) is 0 Å². The highest BCUT2D eigenvalue weighted by atomic mass is 32.2. The van der Waals surface area contributed by atoms with Crippen LogP contribution in [0.3, 0.4) is 0 Å². The summed E-state index contributed by atoms with van der Waals surface area (Å²) in [6, 6.07) is 3.74. The van der Waals surface area contributed by atoms with Gasteiger partial charge in [-0.15, -0.1) is 0 Å². The van der Waals surface area contributed by atoms with E-state index in [2.05, 4.69) is 0 Å². The van der Waals surface area contributed by atoms with Crippen molar-refractivity contribution in [1.29, 1.82) is 0 Å². The molecule has 1 saturated heterocycles. The molecule has 0 radical (unpaired) electrons. The summed E-state index contributed by atoms with van der Waals surface area (Å²) in [4.78, 5) is 25.3. The van der Waals surface area contributed by atoms with Crippen LogP contribution in [0.5, 0.6) is 0 Å². The van der Waals surface area contributed by atoms with Gasteiger partial charge in [-0.3, -0.25) is 9.69 Å². The molecule has 1 N–H and O–H groups in total. The molecule has 1 fully saturated rings. The molecule has 1 aromatic heterocycles. The third-order valence-electron chi connectivity index (χ3n) is 3.14. The van der Waals surface area contributed by atoms with Gasteiger partial charge in [0.05, 0.1) is 4.91 Å². The molecule has 0 aliphatic carbocycles. The van der Waals surface area contributed by atoms with E-state index in [1.165, 1.54) is 13.8 Å². The summed E-state index contributed by atoms with van der Waals surface area (Å²) in [7, 11) is 1.87. The summed E-state index contributed by atoms with van der Waals surface area (Å²) in [6.07, 6.45) is 3.59. The van der Waals surface area contributed by atoms with Gasteiger partial charge in [0, 0.05) is 18.9 Å². The Bertz CT molecular complexity index is 631. The number of carboxylic acids is 1. The zero-order valence-electron chi connectivity index (χ0n) is 11.3. The Morgan fingerprint density at radius 1 is 1.50 bits per heavy atom. The zero-order valence-corrected chi connectivity index (χ0v) is 12.9. The minimum absolute atomic E-state index is 0.267. The maximum absolute atomic E-state index is 12.4. The number of carboxylic acid groups (broad SMARTS) is 1. The highest BCUT2D eigenvalue weighted by Crippen LogP contribution is 2.37. The average molecular weight is 310 g/mol. The first-order valence-electron chi connectivity index (χ1n) is 5.88. The van der Waals surface area contributed by atoms with Gasteiger partial charge in [-0.25, -0.2) is 4.79 Å². The van der Waals surface area contributed by atoms with Crippen LogP contribution >= 0.6 is 24.0 Å². The molecule has 20 heavy (non-hydrogen) atoms. The number of carbonyl (C=O) groups is 2. The van der Waals surface area contributed by atoms with Crippen LogP contribution in [0.25, 0.3) is 6.08 Å². The summed E-state index contributed by atoms with van der Waals surface area (Å²) in [6.45, 7) is 2.93. The fourth-order valence-corrected chi connectivity index (χ4v) is 3.33. The lowest BCUT2D eigenvalue weighted by Gasteiger charge is -2.29. The van der Waals surface area contributed by atoms with Gasteiger partial charge in [-0.1, -0.05) is 24.0 Å². The lowest BCUT2D eigenvalue weighted by Crippen LogP contribution is -2.52. The fourth-order valence-electron chi connectivity index (χ4n) is 1.80. The average Bonchev–Trinajstić information content (AvgIpc) is 2.85. The number of thioether (sulfide) groups is 1. The second kappa shape index (κ2) is 5.06. The maximum Gasteiger partial charge on any atom is 0.329 e. The van der Waals surface area contributed by atoms with Crippen LogP contribution in [0.4, 0.5) is 0 Å². The van der Waals surface area contributed by atoms with Gasteiger partial charge < -0.3 is 9.67 Å². The van der Waals surface area contributed by atoms with Crippen molar-refractivity contribution in [3.8, 4) is 0 Å². The number of aromatic nitrogens is 1. The normalized spacial score (nSPS) is 18.1. The van der Waals surface area contributed by atoms with Crippen molar-refractivity contribution in [3.05, 3.63) is 28.9 Å². The van der Waals surface area contributed by atoms with Crippen LogP contribution in [-0.2, 0) is 16.6 Å². The molecule has 1 aromatic rings. The number of aliphatic carboxylic acids is 1. The third-order valence-corrected chi connectivity index (χ3v) is 4.44. The summed E-state index contributed by atoms with van der Waals surface area (Å²) in [5.41, 5.74) is -0.496. The summed E-state index contributed by atoms with van der Waals surface area (Å²) < 4.78 is 2.14. The van der Waals surface area contributed by atoms with E-state index < -0.39 is 11.5 Å². The molecule has 0 saturated carbocycles. The van der Waals surface area contributed by atoms with E-state index in [-0.39, 0.29) is 10.2 Å². The summed E-state index contributed by atoms with van der Waals surface area (Å²) in [5, 5.41) is 9.24. The maximum atomic E-state index is 12.4. The van der Waals surface area contributed by atoms with E-state index in [1.54, 1.807) is 6.08 Å². The standard InChI is InChI=1S/C13H14N2O3S2/c1-13(2,11(17)18)15-10(16)9(20-12(15)19)7-8-5-4-6-14(8)3/h4-7H,1-3H3,(H,17,18)/b9-7+. The van der Waals surface area contributed by atoms with E-state index >= 15 is 0 Å². The largest absolute Gasteiger partial charge is 0.480 e. The van der Waals surface area contributed by atoms with Gasteiger partial charge in [-0.05, 0) is 32.1 Å². The first-order valence-corrected chi connectivity index (χ1v) is 7.10. The third kappa shape index (κ3) is 2.38. The lowest BCUT2D eigenvalue weighted by molar-refractivity contribution is -0.150. The van der Waals surface area contributed by atoms with E-state index in [0.29, 0.717) is 4.91 Å². The Morgan fingerprint density at radius 3 is 2.65 bits per heavy atom. The van der Waals surface area contributed by atoms with Crippen LogP contribution in [0, 0.1) is 0 Å². The molecule has 0 spiro atoms. The zero-order chi connectivity index (χ0) is 15.1. The summed E-state index contributed by atoms with van der Waals surface area (Å²) in [5.74, 6) is -1.46. The van der Waals surface area contributed by atoms with E-state index in [1.807, 2.05) is 29.9 Å². The highest BCUT2D eigenvalue weighted by molar-refractivity contribution is 8.26. The SMILES string of the molecule is Cn1cccc1/C=C1/SC(=S)N(C(C)(C)C(=O)O)C1=O. The van der Waals surface area contributed by atoms with Gasteiger partial charge in [0.1, 0.15) is 9.86 Å². The van der Waals surface area contributed by atoms with Gasteiger partial charge in [-0.2, -0.15) is 0 Å². The topological polar surface area (TPSA) is 62.5 Å². The Labute approximate surface area is 126 Å². The smallest absolute Gasteiger partial charge is 0.329 e. The van der Waals surface area contributed by atoms with Crippen molar-refractivity contribution in [2.24, 2.45) is 7.05 Å². The van der Waals surface area contributed by atoms with Crippen molar-refractivity contribution in [3.63, 3.8) is 0 Å². The second-order valence-electron chi connectivity index (χ2n) is 4.93. The van der Waals surface area contributed by atoms with Crippen LogP contribution in [0.15, 0.2) is 23.2 Å². The molecule has 5 nitrogen and oxygen atoms in total. The number of nitrogens with zero attached hydrogens (tertiary/aromatic N) is 2. The second-order valence-corrected chi connectivity index (χ2v) is 6.60. The van der Waals surface area contributed by atoms with Crippen LogP contribution in [0.2, 0.25) is 0 Å². The molecular weight excluding hydrogens is 296 g/mol. The minimum Gasteiger partial charge on any atom is -0.480 e. The van der Waals surface area contributed by atoms with Crippen LogP contribution in [-0.4, -0.2) is 36.3 Å². The molecule has 2 heterocycles. The summed E-state index contributed by atoms with van der Waals surface area (Å²) >= 11 is 6.27. The lowest BCUT2D eigenvalue weighted by atomic mass is 10.0. The molecule has 7 heteroatoms. The molecule has 1 aliphatic heterocycles. The fraction of sp³-hybridized carbons (Fsp3) is 0.308. The molecule has 0 unspecified atom stereocenters. The number of aryl methyl sites for hydroxylation is 1. The Morgan fingerprint density at radius 2 is 2.15 bits per heavy atom.